The predicted octanol–water partition coefficient (Wildman–Crippen LogP) is 3.03. The molecule has 0 aliphatic carbocycles. The Kier molecular flexibility index (Phi) is 2.59. The second kappa shape index (κ2) is 4.28. The van der Waals surface area contributed by atoms with Gasteiger partial charge in [0.15, 0.2) is 5.82 Å². The Morgan fingerprint density at radius 3 is 2.84 bits per heavy atom. The van der Waals surface area contributed by atoms with Crippen LogP contribution >= 0.6 is 0 Å². The van der Waals surface area contributed by atoms with Crippen LogP contribution in [0.15, 0.2) is 34.9 Å². The molecule has 0 aliphatic rings. The van der Waals surface area contributed by atoms with Crippen LogP contribution in [0.4, 0.5) is 5.82 Å². The van der Waals surface area contributed by atoms with Crippen molar-refractivity contribution in [3.63, 3.8) is 0 Å². The van der Waals surface area contributed by atoms with E-state index in [-0.39, 0.29) is 5.91 Å². The molecular weight excluding hydrogens is 242 g/mol. The molecule has 0 fully saturated rings. The summed E-state index contributed by atoms with van der Waals surface area (Å²) < 4.78 is 4.93. The second-order valence-corrected chi connectivity index (χ2v) is 4.45. The number of hydrogen-bond donors (Lipinski definition) is 2. The minimum atomic E-state index is -0.191. The van der Waals surface area contributed by atoms with Crippen LogP contribution in [0.3, 0.4) is 0 Å². The van der Waals surface area contributed by atoms with E-state index in [0.717, 1.165) is 16.6 Å². The van der Waals surface area contributed by atoms with Gasteiger partial charge in [-0.15, -0.1) is 0 Å². The third-order valence-electron chi connectivity index (χ3n) is 2.99. The highest BCUT2D eigenvalue weighted by Crippen LogP contribution is 2.22. The monoisotopic (exact) mass is 255 g/mol. The quantitative estimate of drug-likeness (QED) is 0.739. The van der Waals surface area contributed by atoms with Gasteiger partial charge in [-0.25, -0.2) is 0 Å². The molecule has 3 aromatic rings. The van der Waals surface area contributed by atoms with Crippen molar-refractivity contribution in [1.29, 1.82) is 0 Å². The molecule has 0 radical (unpaired) electrons. The number of aromatic amines is 1. The van der Waals surface area contributed by atoms with Crippen LogP contribution < -0.4 is 5.32 Å². The largest absolute Gasteiger partial charge is 0.360 e. The summed E-state index contributed by atoms with van der Waals surface area (Å²) >= 11 is 0. The second-order valence-electron chi connectivity index (χ2n) is 4.45. The zero-order valence-electron chi connectivity index (χ0n) is 10.7. The van der Waals surface area contributed by atoms with E-state index in [9.17, 15) is 4.79 Å². The van der Waals surface area contributed by atoms with Crippen LogP contribution in [-0.4, -0.2) is 16.0 Å². The van der Waals surface area contributed by atoms with E-state index in [2.05, 4.69) is 15.5 Å². The highest BCUT2D eigenvalue weighted by atomic mass is 16.5. The number of aryl methyl sites for hydroxylation is 2. The number of aromatic nitrogens is 2. The number of para-hydroxylation sites is 1. The summed E-state index contributed by atoms with van der Waals surface area (Å²) in [6.45, 7) is 3.66. The van der Waals surface area contributed by atoms with Gasteiger partial charge in [-0.2, -0.15) is 0 Å². The zero-order chi connectivity index (χ0) is 13.4. The number of carbonyl (C=O) groups is 1. The first-order chi connectivity index (χ1) is 9.15. The Hall–Kier alpha value is -2.56. The standard InChI is InChI=1S/C14H13N3O2/c1-8-7-12(17-19-8)16-14(18)13-9(2)15-11-6-4-3-5-10(11)13/h3-7,15H,1-2H3,(H,16,17,18). The summed E-state index contributed by atoms with van der Waals surface area (Å²) in [5, 5.41) is 7.39. The molecule has 0 saturated heterocycles. The molecule has 3 rings (SSSR count). The minimum Gasteiger partial charge on any atom is -0.360 e. The number of rotatable bonds is 2. The van der Waals surface area contributed by atoms with Gasteiger partial charge in [0.05, 0.1) is 5.56 Å². The van der Waals surface area contributed by atoms with Gasteiger partial charge in [-0.1, -0.05) is 23.4 Å². The van der Waals surface area contributed by atoms with Crippen molar-refractivity contribution >= 4 is 22.6 Å². The summed E-state index contributed by atoms with van der Waals surface area (Å²) in [6.07, 6.45) is 0. The molecule has 0 unspecified atom stereocenters. The summed E-state index contributed by atoms with van der Waals surface area (Å²) in [5.74, 6) is 0.890. The molecular formula is C14H13N3O2. The Morgan fingerprint density at radius 2 is 2.11 bits per heavy atom. The fraction of sp³-hybridized carbons (Fsp3) is 0.143. The van der Waals surface area contributed by atoms with Crippen molar-refractivity contribution in [1.82, 2.24) is 10.1 Å². The van der Waals surface area contributed by atoms with Crippen molar-refractivity contribution in [3.05, 3.63) is 47.3 Å². The van der Waals surface area contributed by atoms with Crippen molar-refractivity contribution in [3.8, 4) is 0 Å². The first-order valence-electron chi connectivity index (χ1n) is 5.97. The first-order valence-corrected chi connectivity index (χ1v) is 5.97. The number of benzene rings is 1. The van der Waals surface area contributed by atoms with Crippen LogP contribution in [0.1, 0.15) is 21.8 Å². The minimum absolute atomic E-state index is 0.191. The van der Waals surface area contributed by atoms with Crippen LogP contribution in [0, 0.1) is 13.8 Å². The van der Waals surface area contributed by atoms with Crippen molar-refractivity contribution in [2.45, 2.75) is 13.8 Å². The van der Waals surface area contributed by atoms with Crippen LogP contribution in [-0.2, 0) is 0 Å². The van der Waals surface area contributed by atoms with Gasteiger partial charge in [0.2, 0.25) is 0 Å². The molecule has 19 heavy (non-hydrogen) atoms. The van der Waals surface area contributed by atoms with E-state index >= 15 is 0 Å². The van der Waals surface area contributed by atoms with Gasteiger partial charge in [-0.05, 0) is 19.9 Å². The zero-order valence-corrected chi connectivity index (χ0v) is 10.7. The fourth-order valence-electron chi connectivity index (χ4n) is 2.17. The Bertz CT molecular complexity index is 755. The third-order valence-corrected chi connectivity index (χ3v) is 2.99. The molecule has 0 spiro atoms. The smallest absolute Gasteiger partial charge is 0.259 e. The number of nitrogens with zero attached hydrogens (tertiary/aromatic N) is 1. The van der Waals surface area contributed by atoms with Crippen LogP contribution in [0.2, 0.25) is 0 Å². The molecule has 1 amide bonds. The van der Waals surface area contributed by atoms with E-state index < -0.39 is 0 Å². The maximum absolute atomic E-state index is 12.3. The lowest BCUT2D eigenvalue weighted by Gasteiger charge is -2.01. The number of hydrogen-bond acceptors (Lipinski definition) is 3. The summed E-state index contributed by atoms with van der Waals surface area (Å²) in [6, 6.07) is 9.39. The van der Waals surface area contributed by atoms with E-state index in [4.69, 9.17) is 4.52 Å². The van der Waals surface area contributed by atoms with Crippen molar-refractivity contribution < 1.29 is 9.32 Å². The van der Waals surface area contributed by atoms with Gasteiger partial charge < -0.3 is 14.8 Å². The fourth-order valence-corrected chi connectivity index (χ4v) is 2.17. The summed E-state index contributed by atoms with van der Waals surface area (Å²) in [4.78, 5) is 15.5. The number of carbonyl (C=O) groups excluding carboxylic acids is 1. The van der Waals surface area contributed by atoms with Crippen LogP contribution in [0.5, 0.6) is 0 Å². The van der Waals surface area contributed by atoms with Gasteiger partial charge >= 0.3 is 0 Å². The average Bonchev–Trinajstić information content (AvgIpc) is 2.91. The molecule has 2 N–H and O–H groups in total. The molecule has 0 saturated carbocycles. The highest BCUT2D eigenvalue weighted by molar-refractivity contribution is 6.13. The van der Waals surface area contributed by atoms with E-state index in [1.165, 1.54) is 0 Å². The van der Waals surface area contributed by atoms with Crippen molar-refractivity contribution in [2.24, 2.45) is 0 Å². The Morgan fingerprint density at radius 1 is 1.32 bits per heavy atom. The number of anilines is 1. The van der Waals surface area contributed by atoms with Gasteiger partial charge in [0.25, 0.3) is 5.91 Å². The molecule has 2 heterocycles. The first kappa shape index (κ1) is 11.5. The van der Waals surface area contributed by atoms with Gasteiger partial charge in [-0.3, -0.25) is 4.79 Å². The normalized spacial score (nSPS) is 10.8. The number of nitrogens with one attached hydrogen (secondary N) is 2. The molecule has 96 valence electrons. The topological polar surface area (TPSA) is 70.9 Å². The van der Waals surface area contributed by atoms with E-state index in [0.29, 0.717) is 17.1 Å². The van der Waals surface area contributed by atoms with Crippen LogP contribution in [0.25, 0.3) is 10.9 Å². The molecule has 5 nitrogen and oxygen atoms in total. The SMILES string of the molecule is Cc1cc(NC(=O)c2c(C)[nH]c3ccccc23)no1. The Balaban J connectivity index is 1.99. The molecule has 0 bridgehead atoms. The van der Waals surface area contributed by atoms with Gasteiger partial charge in [0, 0.05) is 22.7 Å². The maximum Gasteiger partial charge on any atom is 0.259 e. The number of fused-ring (bicyclic) bond motifs is 1. The summed E-state index contributed by atoms with van der Waals surface area (Å²) in [5.41, 5.74) is 2.41. The van der Waals surface area contributed by atoms with E-state index in [1.54, 1.807) is 13.0 Å². The van der Waals surface area contributed by atoms with E-state index in [1.807, 2.05) is 31.2 Å². The molecule has 2 aromatic heterocycles. The summed E-state index contributed by atoms with van der Waals surface area (Å²) in [7, 11) is 0. The molecule has 1 aromatic carbocycles. The molecule has 5 heteroatoms. The van der Waals surface area contributed by atoms with Gasteiger partial charge in [0.1, 0.15) is 5.76 Å². The molecule has 0 atom stereocenters. The Labute approximate surface area is 109 Å². The lowest BCUT2D eigenvalue weighted by atomic mass is 10.1. The average molecular weight is 255 g/mol. The lowest BCUT2D eigenvalue weighted by molar-refractivity contribution is 0.102. The highest BCUT2D eigenvalue weighted by Gasteiger charge is 2.16. The molecule has 0 aliphatic heterocycles. The number of amides is 1. The lowest BCUT2D eigenvalue weighted by Crippen LogP contribution is -2.12. The predicted molar refractivity (Wildman–Crippen MR) is 72.2 cm³/mol. The van der Waals surface area contributed by atoms with Crippen molar-refractivity contribution in [2.75, 3.05) is 5.32 Å². The third kappa shape index (κ3) is 1.99. The maximum atomic E-state index is 12.3. The number of H-pyrrole nitrogens is 1.